The van der Waals surface area contributed by atoms with Gasteiger partial charge in [0.1, 0.15) is 12.4 Å². The Labute approximate surface area is 168 Å². The van der Waals surface area contributed by atoms with Crippen molar-refractivity contribution in [1.82, 2.24) is 15.1 Å². The molecule has 0 heterocycles. The van der Waals surface area contributed by atoms with Crippen molar-refractivity contribution in [3.8, 4) is 5.75 Å². The van der Waals surface area contributed by atoms with Gasteiger partial charge in [0.25, 0.3) is 0 Å². The van der Waals surface area contributed by atoms with Crippen molar-refractivity contribution in [2.45, 2.75) is 18.9 Å². The summed E-state index contributed by atoms with van der Waals surface area (Å²) in [5, 5.41) is 2.98. The van der Waals surface area contributed by atoms with Gasteiger partial charge in [-0.2, -0.15) is 0 Å². The van der Waals surface area contributed by atoms with Gasteiger partial charge in [0.05, 0.1) is 12.5 Å². The van der Waals surface area contributed by atoms with Gasteiger partial charge in [0.2, 0.25) is 11.8 Å². The van der Waals surface area contributed by atoms with E-state index in [9.17, 15) is 9.59 Å². The Kier molecular flexibility index (Phi) is 8.73. The van der Waals surface area contributed by atoms with Gasteiger partial charge in [-0.05, 0) is 45.0 Å². The number of carbonyl (C=O) groups is 2. The Morgan fingerprint density at radius 2 is 1.82 bits per heavy atom. The number of para-hydroxylation sites is 1. The number of carbonyl (C=O) groups excluding carboxylic acids is 2. The van der Waals surface area contributed by atoms with E-state index in [1.54, 1.807) is 4.90 Å². The fourth-order valence-electron chi connectivity index (χ4n) is 3.57. The quantitative estimate of drug-likeness (QED) is 0.650. The molecule has 1 fully saturated rings. The van der Waals surface area contributed by atoms with E-state index in [4.69, 9.17) is 9.47 Å². The molecule has 0 unspecified atom stereocenters. The Hall–Kier alpha value is -2.12. The van der Waals surface area contributed by atoms with Gasteiger partial charge in [-0.1, -0.05) is 18.2 Å². The van der Waals surface area contributed by atoms with Crippen LogP contribution >= 0.6 is 0 Å². The minimum absolute atomic E-state index is 0.000931. The van der Waals surface area contributed by atoms with Crippen LogP contribution in [0.5, 0.6) is 5.75 Å². The number of amides is 2. The number of nitrogens with one attached hydrogen (secondary N) is 1. The van der Waals surface area contributed by atoms with Crippen molar-refractivity contribution in [3.63, 3.8) is 0 Å². The molecule has 1 aromatic carbocycles. The van der Waals surface area contributed by atoms with Crippen LogP contribution in [0.3, 0.4) is 0 Å². The fraction of sp³-hybridized carbons (Fsp3) is 0.619. The molecule has 0 saturated heterocycles. The highest BCUT2D eigenvalue weighted by Gasteiger charge is 2.40. The van der Waals surface area contributed by atoms with E-state index in [-0.39, 0.29) is 36.3 Å². The molecule has 3 atom stereocenters. The highest BCUT2D eigenvalue weighted by molar-refractivity contribution is 5.82. The molecule has 1 aliphatic carbocycles. The number of nitrogens with zero attached hydrogens (tertiary/aromatic N) is 2. The van der Waals surface area contributed by atoms with Crippen molar-refractivity contribution < 1.29 is 19.1 Å². The van der Waals surface area contributed by atoms with Gasteiger partial charge in [-0.3, -0.25) is 9.59 Å². The highest BCUT2D eigenvalue weighted by atomic mass is 16.5. The topological polar surface area (TPSA) is 71.1 Å². The van der Waals surface area contributed by atoms with Gasteiger partial charge in [0.15, 0.2) is 0 Å². The van der Waals surface area contributed by atoms with Crippen molar-refractivity contribution in [2.75, 3.05) is 54.6 Å². The van der Waals surface area contributed by atoms with E-state index in [0.29, 0.717) is 19.6 Å². The third-order valence-corrected chi connectivity index (χ3v) is 5.09. The summed E-state index contributed by atoms with van der Waals surface area (Å²) in [6.07, 6.45) is 1.43. The Morgan fingerprint density at radius 1 is 1.11 bits per heavy atom. The number of rotatable bonds is 10. The zero-order valence-electron chi connectivity index (χ0n) is 17.4. The number of hydrogen-bond donors (Lipinski definition) is 1. The van der Waals surface area contributed by atoms with Crippen molar-refractivity contribution >= 4 is 11.8 Å². The number of ether oxygens (including phenoxy) is 2. The molecule has 0 aliphatic heterocycles. The molecular weight excluding hydrogens is 358 g/mol. The molecule has 2 amide bonds. The summed E-state index contributed by atoms with van der Waals surface area (Å²) in [5.41, 5.74) is 0. The van der Waals surface area contributed by atoms with Crippen LogP contribution in [0.2, 0.25) is 0 Å². The Morgan fingerprint density at radius 3 is 2.46 bits per heavy atom. The molecule has 0 bridgehead atoms. The minimum Gasteiger partial charge on any atom is -0.493 e. The number of hydrogen-bond acceptors (Lipinski definition) is 5. The van der Waals surface area contributed by atoms with Crippen LogP contribution in [-0.4, -0.2) is 82.2 Å². The van der Waals surface area contributed by atoms with E-state index in [2.05, 4.69) is 5.32 Å². The maximum Gasteiger partial charge on any atom is 0.246 e. The smallest absolute Gasteiger partial charge is 0.246 e. The summed E-state index contributed by atoms with van der Waals surface area (Å²) in [6, 6.07) is 9.46. The summed E-state index contributed by atoms with van der Waals surface area (Å²) >= 11 is 0. The van der Waals surface area contributed by atoms with E-state index in [0.717, 1.165) is 18.7 Å². The first-order valence-electron chi connectivity index (χ1n) is 9.76. The summed E-state index contributed by atoms with van der Waals surface area (Å²) in [4.78, 5) is 28.9. The van der Waals surface area contributed by atoms with Crippen molar-refractivity contribution in [2.24, 2.45) is 11.8 Å². The van der Waals surface area contributed by atoms with Crippen LogP contribution in [0.1, 0.15) is 12.8 Å². The molecule has 1 aliphatic rings. The molecule has 1 N–H and O–H groups in total. The van der Waals surface area contributed by atoms with Gasteiger partial charge < -0.3 is 24.6 Å². The predicted octanol–water partition coefficient (Wildman–Crippen LogP) is 1.24. The summed E-state index contributed by atoms with van der Waals surface area (Å²) in [5.74, 6) is 0.680. The van der Waals surface area contributed by atoms with E-state index in [1.807, 2.05) is 56.4 Å². The van der Waals surface area contributed by atoms with Crippen molar-refractivity contribution in [1.29, 1.82) is 0 Å². The van der Waals surface area contributed by atoms with Crippen LogP contribution in [0.25, 0.3) is 0 Å². The lowest BCUT2D eigenvalue weighted by Crippen LogP contribution is -2.46. The lowest BCUT2D eigenvalue weighted by Gasteiger charge is -2.26. The van der Waals surface area contributed by atoms with E-state index >= 15 is 0 Å². The van der Waals surface area contributed by atoms with Crippen LogP contribution in [-0.2, 0) is 14.3 Å². The first kappa shape index (κ1) is 22.2. The second-order valence-electron chi connectivity index (χ2n) is 7.74. The minimum atomic E-state index is -0.239. The van der Waals surface area contributed by atoms with Crippen LogP contribution in [0, 0.1) is 11.8 Å². The second-order valence-corrected chi connectivity index (χ2v) is 7.74. The largest absolute Gasteiger partial charge is 0.493 e. The average Bonchev–Trinajstić information content (AvgIpc) is 3.07. The molecule has 0 spiro atoms. The highest BCUT2D eigenvalue weighted by Crippen LogP contribution is 2.33. The van der Waals surface area contributed by atoms with Gasteiger partial charge in [0, 0.05) is 33.3 Å². The first-order chi connectivity index (χ1) is 13.4. The molecule has 1 saturated carbocycles. The zero-order valence-corrected chi connectivity index (χ0v) is 17.4. The number of benzene rings is 1. The van der Waals surface area contributed by atoms with E-state index in [1.165, 1.54) is 7.11 Å². The van der Waals surface area contributed by atoms with Crippen LogP contribution in [0.4, 0.5) is 0 Å². The van der Waals surface area contributed by atoms with Crippen LogP contribution < -0.4 is 10.1 Å². The lowest BCUT2D eigenvalue weighted by atomic mass is 10.0. The maximum atomic E-state index is 13.0. The fourth-order valence-corrected chi connectivity index (χ4v) is 3.57. The summed E-state index contributed by atoms with van der Waals surface area (Å²) in [6.45, 7) is 1.99. The zero-order chi connectivity index (χ0) is 20.5. The first-order valence-corrected chi connectivity index (χ1v) is 9.76. The van der Waals surface area contributed by atoms with Crippen LogP contribution in [0.15, 0.2) is 30.3 Å². The molecule has 0 radical (unpaired) electrons. The molecule has 0 aromatic heterocycles. The molecule has 156 valence electrons. The van der Waals surface area contributed by atoms with Gasteiger partial charge >= 0.3 is 0 Å². The standard InChI is InChI=1S/C21H33N3O4/c1-23(2)10-11-24(3)21(26)18-12-16(13-19(18)22-20(25)15-27-4)14-28-17-8-6-5-7-9-17/h5-9,16,18-19H,10-15H2,1-4H3,(H,22,25)/t16-,18-,19-/m1/s1. The second kappa shape index (κ2) is 11.0. The number of likely N-dealkylation sites (N-methyl/N-ethyl adjacent to an activating group) is 2. The molecule has 7 heteroatoms. The Bertz CT molecular complexity index is 623. The third-order valence-electron chi connectivity index (χ3n) is 5.09. The molecule has 28 heavy (non-hydrogen) atoms. The molecule has 2 rings (SSSR count). The molecular formula is C21H33N3O4. The van der Waals surface area contributed by atoms with Gasteiger partial charge in [-0.25, -0.2) is 0 Å². The van der Waals surface area contributed by atoms with E-state index < -0.39 is 0 Å². The number of methoxy groups -OCH3 is 1. The predicted molar refractivity (Wildman–Crippen MR) is 108 cm³/mol. The normalized spacial score (nSPS) is 21.5. The third kappa shape index (κ3) is 6.80. The average molecular weight is 392 g/mol. The molecule has 7 nitrogen and oxygen atoms in total. The lowest BCUT2D eigenvalue weighted by molar-refractivity contribution is -0.135. The monoisotopic (exact) mass is 391 g/mol. The van der Waals surface area contributed by atoms with Crippen molar-refractivity contribution in [3.05, 3.63) is 30.3 Å². The Balaban J connectivity index is 1.99. The maximum absolute atomic E-state index is 13.0. The molecule has 1 aromatic rings. The SMILES string of the molecule is COCC(=O)N[C@@H]1C[C@H](COc2ccccc2)C[C@H]1C(=O)N(C)CCN(C)C. The summed E-state index contributed by atoms with van der Waals surface area (Å²) < 4.78 is 10.8. The van der Waals surface area contributed by atoms with Gasteiger partial charge in [-0.15, -0.1) is 0 Å². The summed E-state index contributed by atoms with van der Waals surface area (Å²) in [7, 11) is 7.29.